The van der Waals surface area contributed by atoms with E-state index in [2.05, 4.69) is 254 Å². The number of benzene rings is 7. The molecule has 13 rings (SSSR count). The fourth-order valence-electron chi connectivity index (χ4n) is 19.8. The maximum Gasteiger partial charge on any atom is 0.257 e. The Morgan fingerprint density at radius 2 is 0.824 bits per heavy atom. The van der Waals surface area contributed by atoms with E-state index >= 15 is 0 Å². The molecule has 3 aliphatic rings. The lowest BCUT2D eigenvalue weighted by molar-refractivity contribution is 0.0982. The summed E-state index contributed by atoms with van der Waals surface area (Å²) in [7, 11) is 0. The number of carbonyl (C=O) groups excluding carboxylic acids is 1. The smallest absolute Gasteiger partial charge is 0.257 e. The summed E-state index contributed by atoms with van der Waals surface area (Å²) < 4.78 is 0. The Morgan fingerprint density at radius 3 is 1.32 bits per heavy atom. The maximum absolute atomic E-state index is 14.1. The second-order valence-electron chi connectivity index (χ2n) is 35.3. The molecule has 0 spiro atoms. The van der Waals surface area contributed by atoms with E-state index in [4.69, 9.17) is 0 Å². The first-order valence-electron chi connectivity index (χ1n) is 43.2. The minimum Gasteiger partial charge on any atom is -0.322 e. The molecule has 4 heterocycles. The first-order chi connectivity index (χ1) is 52.2. The third-order valence-corrected chi connectivity index (χ3v) is 31.6. The molecule has 1 N–H and O–H groups in total. The van der Waals surface area contributed by atoms with Crippen molar-refractivity contribution in [1.82, 2.24) is 5.32 Å². The van der Waals surface area contributed by atoms with Crippen LogP contribution in [-0.4, -0.2) is 5.91 Å². The molecule has 570 valence electrons. The summed E-state index contributed by atoms with van der Waals surface area (Å²) in [6.45, 7) is 38.3. The third-order valence-electron chi connectivity index (χ3n) is 27.5. The Hall–Kier alpha value is -6.63. The highest BCUT2D eigenvalue weighted by Gasteiger charge is 2.49. The predicted octanol–water partition coefficient (Wildman–Crippen LogP) is 32.8. The van der Waals surface area contributed by atoms with E-state index in [1.54, 1.807) is 28.0 Å². The zero-order chi connectivity index (χ0) is 76.1. The van der Waals surface area contributed by atoms with Gasteiger partial charge in [0.1, 0.15) is 0 Å². The highest BCUT2D eigenvalue weighted by Crippen LogP contribution is 2.61. The average Bonchev–Trinajstić information content (AvgIpc) is 1.34. The monoisotopic (exact) mass is 1490 g/mol. The van der Waals surface area contributed by atoms with Crippen molar-refractivity contribution in [3.8, 4) is 63.3 Å². The van der Waals surface area contributed by atoms with E-state index in [0.717, 1.165) is 45.0 Å². The zero-order valence-corrected chi connectivity index (χ0v) is 71.3. The second kappa shape index (κ2) is 34.1. The van der Waals surface area contributed by atoms with Gasteiger partial charge in [0.05, 0.1) is 15.3 Å². The number of hydrogen-bond donors (Lipinski definition) is 1. The molecule has 108 heavy (non-hydrogen) atoms. The van der Waals surface area contributed by atoms with Crippen molar-refractivity contribution in [2.24, 2.45) is 5.92 Å². The highest BCUT2D eigenvalue weighted by atomic mass is 32.1. The number of nitrogens with one attached hydrogen (secondary N) is 1. The van der Waals surface area contributed by atoms with E-state index in [0.29, 0.717) is 17.5 Å². The van der Waals surface area contributed by atoms with Crippen LogP contribution in [0.15, 0.2) is 152 Å². The van der Waals surface area contributed by atoms with Crippen molar-refractivity contribution in [2.75, 3.05) is 0 Å². The van der Waals surface area contributed by atoms with E-state index in [9.17, 15) is 4.79 Å². The lowest BCUT2D eigenvalue weighted by Crippen LogP contribution is -2.43. The Bertz CT molecular complexity index is 4730. The third kappa shape index (κ3) is 15.0. The van der Waals surface area contributed by atoms with Gasteiger partial charge < -0.3 is 5.32 Å². The average molecular weight is 1490 g/mol. The van der Waals surface area contributed by atoms with Crippen LogP contribution in [0, 0.1) is 5.92 Å². The lowest BCUT2D eigenvalue weighted by atomic mass is 9.56. The number of amides is 1. The molecule has 3 aromatic heterocycles. The Morgan fingerprint density at radius 1 is 0.407 bits per heavy atom. The molecule has 1 atom stereocenters. The van der Waals surface area contributed by atoms with Gasteiger partial charge in [-0.25, -0.2) is 0 Å². The molecule has 0 fully saturated rings. The van der Waals surface area contributed by atoms with Crippen LogP contribution in [0.5, 0.6) is 0 Å². The van der Waals surface area contributed by atoms with Gasteiger partial charge in [-0.2, -0.15) is 0 Å². The molecular formula is C103H129NOS3. The van der Waals surface area contributed by atoms with E-state index in [1.165, 1.54) is 264 Å². The molecule has 5 heteroatoms. The molecule has 1 unspecified atom stereocenters. The Balaban J connectivity index is 0.914. The van der Waals surface area contributed by atoms with Crippen LogP contribution >= 0.6 is 34.0 Å². The lowest BCUT2D eigenvalue weighted by Gasteiger charge is -2.47. The van der Waals surface area contributed by atoms with Gasteiger partial charge in [-0.05, 0) is 180 Å². The second-order valence-corrected chi connectivity index (χ2v) is 38.5. The molecule has 10 aromatic rings. The van der Waals surface area contributed by atoms with Crippen LogP contribution < -0.4 is 5.32 Å². The topological polar surface area (TPSA) is 29.1 Å². The van der Waals surface area contributed by atoms with Crippen LogP contribution in [0.3, 0.4) is 0 Å². The normalized spacial score (nSPS) is 14.9. The van der Waals surface area contributed by atoms with E-state index < -0.39 is 0 Å². The van der Waals surface area contributed by atoms with Crippen molar-refractivity contribution >= 4 is 67.2 Å². The van der Waals surface area contributed by atoms with Crippen molar-refractivity contribution in [1.29, 1.82) is 0 Å². The number of fused-ring (bicyclic) bond motifs is 9. The molecule has 2 nitrogen and oxygen atoms in total. The molecule has 7 aromatic carbocycles. The molecule has 1 amide bonds. The number of rotatable bonds is 39. The number of hydrogen-bond acceptors (Lipinski definition) is 4. The minimum atomic E-state index is -0.323. The van der Waals surface area contributed by atoms with Gasteiger partial charge in [-0.1, -0.05) is 367 Å². The molecular weight excluding hydrogens is 1360 g/mol. The van der Waals surface area contributed by atoms with Gasteiger partial charge >= 0.3 is 0 Å². The molecule has 2 aliphatic carbocycles. The molecule has 1 aliphatic heterocycles. The predicted molar refractivity (Wildman–Crippen MR) is 477 cm³/mol. The van der Waals surface area contributed by atoms with Crippen molar-refractivity contribution in [3.63, 3.8) is 0 Å². The van der Waals surface area contributed by atoms with Gasteiger partial charge in [0.2, 0.25) is 0 Å². The van der Waals surface area contributed by atoms with Gasteiger partial charge in [-0.3, -0.25) is 4.79 Å². The molecule has 0 bridgehead atoms. The number of unbranched alkanes of at least 4 members (excludes halogenated alkanes) is 20. The Kier molecular flexibility index (Phi) is 25.1. The van der Waals surface area contributed by atoms with E-state index in [1.807, 2.05) is 22.7 Å². The summed E-state index contributed by atoms with van der Waals surface area (Å²) in [5.74, 6) is 0.931. The fraction of sp³-hybridized carbons (Fsp3) is 0.485. The standard InChI is InChI=1S/C103H129NOS3/c1-16-21-25-29-33-41-61-102(62-42-34-30-26-22-17-2)84-65-72(69(6)7)49-53-76(84)78-55-51-74(67-86(78)102)93-80-45-37-39-47-82(80)95(83-48-40-38-46-81(83)93)100(13,14)101(15,20-5)75-52-56-79-77-54-50-73(66-85(77)103(87(79)68-75,63-43-35-31-27-23-18-3)64-44-36-32-28-24-19-4)88-57-58-89(106-88)97-94-92(71(10)104-98(94)105)96(108-97)90-59-60-91(107-90)99(11,12)70(8)9/h37-40,45-60,65-70H,10,16-36,41-44,61-64H2,1-9,11-15H3,(H,104,105). The van der Waals surface area contributed by atoms with Crippen LogP contribution in [0.25, 0.3) is 90.6 Å². The first kappa shape index (κ1) is 79.5. The molecule has 0 radical (unpaired) electrons. The van der Waals surface area contributed by atoms with Gasteiger partial charge in [0.15, 0.2) is 0 Å². The summed E-state index contributed by atoms with van der Waals surface area (Å²) in [5.41, 5.74) is 22.2. The minimum absolute atomic E-state index is 0.0266. The zero-order valence-electron chi connectivity index (χ0n) is 68.9. The summed E-state index contributed by atoms with van der Waals surface area (Å²) in [6.07, 6.45) is 36.8. The maximum atomic E-state index is 14.1. The van der Waals surface area contributed by atoms with E-state index in [-0.39, 0.29) is 33.0 Å². The number of thiophene rings is 3. The van der Waals surface area contributed by atoms with Gasteiger partial charge in [0, 0.05) is 57.8 Å². The van der Waals surface area contributed by atoms with Gasteiger partial charge in [0.25, 0.3) is 5.91 Å². The number of carbonyl (C=O) groups is 1. The van der Waals surface area contributed by atoms with Crippen molar-refractivity contribution < 1.29 is 4.79 Å². The molecule has 0 saturated carbocycles. The summed E-state index contributed by atoms with van der Waals surface area (Å²) in [5, 5.41) is 8.64. The fourth-order valence-corrected chi connectivity index (χ4v) is 23.6. The summed E-state index contributed by atoms with van der Waals surface area (Å²) in [4.78, 5) is 21.3. The van der Waals surface area contributed by atoms with Crippen LogP contribution in [-0.2, 0) is 27.1 Å². The van der Waals surface area contributed by atoms with Gasteiger partial charge in [-0.15, -0.1) is 34.0 Å². The molecule has 0 saturated heterocycles. The van der Waals surface area contributed by atoms with Crippen LogP contribution in [0.4, 0.5) is 0 Å². The highest BCUT2D eigenvalue weighted by molar-refractivity contribution is 7.28. The SMILES string of the molecule is C=C1NC(=O)c2c(-c3ccc(-c4ccc5c(c4)C(CCCCCCCC)(CCCCCCCC)c4cc(C(C)(CC)C(C)(C)c6c7ccccc7c(-c7ccc8c(c7)C(CCCCCCCC)(CCCCCCCC)c7cc(C(C)C)ccc7-8)c7ccccc67)ccc4-5)s3)sc(-c3ccc(C(C)(C)C(C)C)s3)c21. The van der Waals surface area contributed by atoms with Crippen molar-refractivity contribution in [2.45, 2.75) is 316 Å². The first-order valence-corrected chi connectivity index (χ1v) is 45.6. The Labute approximate surface area is 664 Å². The van der Waals surface area contributed by atoms with Crippen LogP contribution in [0.2, 0.25) is 0 Å². The largest absolute Gasteiger partial charge is 0.322 e. The summed E-state index contributed by atoms with van der Waals surface area (Å²) in [6, 6.07) is 59.4. The van der Waals surface area contributed by atoms with Crippen LogP contribution in [0.1, 0.15) is 349 Å². The quantitative estimate of drug-likeness (QED) is 0.0302. The van der Waals surface area contributed by atoms with Crippen molar-refractivity contribution in [3.05, 3.63) is 207 Å². The summed E-state index contributed by atoms with van der Waals surface area (Å²) >= 11 is 5.49.